The van der Waals surface area contributed by atoms with Crippen molar-refractivity contribution in [3.8, 4) is 22.5 Å². The van der Waals surface area contributed by atoms with Crippen molar-refractivity contribution in [1.82, 2.24) is 30.3 Å². The maximum Gasteiger partial charge on any atom is 0.324 e. The van der Waals surface area contributed by atoms with E-state index in [9.17, 15) is 14.4 Å². The number of thiazole rings is 1. The van der Waals surface area contributed by atoms with E-state index in [1.807, 2.05) is 18.4 Å². The Kier molecular flexibility index (Phi) is 10.3. The zero-order chi connectivity index (χ0) is 38.6. The fourth-order valence-corrected chi connectivity index (χ4v) is 9.74. The third kappa shape index (κ3) is 7.07. The lowest BCUT2D eigenvalue weighted by Crippen LogP contribution is -2.61. The Labute approximate surface area is 325 Å². The fourth-order valence-electron chi connectivity index (χ4n) is 8.89. The van der Waals surface area contributed by atoms with Crippen LogP contribution in [-0.4, -0.2) is 87.9 Å². The van der Waals surface area contributed by atoms with Crippen LogP contribution in [-0.2, 0) is 48.0 Å². The molecule has 7 atom stereocenters. The maximum absolute atomic E-state index is 14.3. The molecule has 14 heteroatoms. The normalized spacial score (nSPS) is 27.2. The number of pyridine rings is 1. The molecule has 2 amide bonds. The van der Waals surface area contributed by atoms with Crippen molar-refractivity contribution in [2.75, 3.05) is 20.3 Å². The third-order valence-electron chi connectivity index (χ3n) is 11.8. The number of fused-ring (bicyclic) bond motifs is 8. The second kappa shape index (κ2) is 15.0. The predicted molar refractivity (Wildman–Crippen MR) is 209 cm³/mol. The molecule has 7 heterocycles. The fraction of sp³-hybridized carbons (Fsp3) is 0.537. The Morgan fingerprint density at radius 2 is 2.02 bits per heavy atom. The Hall–Kier alpha value is -4.21. The van der Waals surface area contributed by atoms with Crippen LogP contribution in [0, 0.1) is 11.3 Å². The van der Waals surface area contributed by atoms with Crippen LogP contribution in [0.5, 0.6) is 0 Å². The number of amides is 2. The van der Waals surface area contributed by atoms with Crippen LogP contribution in [0.25, 0.3) is 33.4 Å². The summed E-state index contributed by atoms with van der Waals surface area (Å²) in [5.41, 5.74) is 16.0. The lowest BCUT2D eigenvalue weighted by atomic mass is 9.84. The van der Waals surface area contributed by atoms with Crippen molar-refractivity contribution in [2.45, 2.75) is 109 Å². The summed E-state index contributed by atoms with van der Waals surface area (Å²) < 4.78 is 20.2. The van der Waals surface area contributed by atoms with Gasteiger partial charge in [-0.05, 0) is 75.8 Å². The van der Waals surface area contributed by atoms with Crippen molar-refractivity contribution in [3.05, 3.63) is 58.2 Å². The summed E-state index contributed by atoms with van der Waals surface area (Å²) in [6.07, 6.45) is 4.68. The molecule has 292 valence electrons. The first-order chi connectivity index (χ1) is 26.5. The number of hydrazine groups is 1. The van der Waals surface area contributed by atoms with E-state index in [2.05, 4.69) is 60.3 Å². The van der Waals surface area contributed by atoms with Crippen molar-refractivity contribution in [1.29, 1.82) is 0 Å². The molecule has 0 spiro atoms. The van der Waals surface area contributed by atoms with Gasteiger partial charge < -0.3 is 29.8 Å². The number of esters is 1. The molecule has 1 aromatic carbocycles. The number of nitrogens with two attached hydrogens (primary N) is 1. The van der Waals surface area contributed by atoms with Gasteiger partial charge in [-0.1, -0.05) is 19.9 Å². The molecule has 0 saturated carbocycles. The first kappa shape index (κ1) is 37.7. The highest BCUT2D eigenvalue weighted by atomic mass is 32.1. The summed E-state index contributed by atoms with van der Waals surface area (Å²) in [5.74, 6) is -1.57. The molecular formula is C41H51N7O6S. The van der Waals surface area contributed by atoms with Crippen LogP contribution in [0.2, 0.25) is 0 Å². The molecule has 4 aliphatic rings. The molecule has 13 nitrogen and oxygen atoms in total. The van der Waals surface area contributed by atoms with Crippen LogP contribution in [0.3, 0.4) is 0 Å². The Morgan fingerprint density at radius 3 is 2.78 bits per heavy atom. The topological polar surface area (TPSA) is 163 Å². The van der Waals surface area contributed by atoms with Gasteiger partial charge in [0.2, 0.25) is 5.91 Å². The van der Waals surface area contributed by atoms with E-state index in [1.165, 1.54) is 16.3 Å². The number of cyclic esters (lactones) is 1. The smallest absolute Gasteiger partial charge is 0.324 e. The molecule has 3 fully saturated rings. The molecule has 8 rings (SSSR count). The molecule has 0 radical (unpaired) electrons. The van der Waals surface area contributed by atoms with Gasteiger partial charge in [-0.2, -0.15) is 0 Å². The van der Waals surface area contributed by atoms with E-state index in [0.29, 0.717) is 30.8 Å². The van der Waals surface area contributed by atoms with Crippen LogP contribution in [0.1, 0.15) is 75.7 Å². The number of carbonyl (C=O) groups is 3. The number of methoxy groups -OCH3 is 1. The first-order valence-electron chi connectivity index (χ1n) is 19.5. The van der Waals surface area contributed by atoms with Crippen LogP contribution < -0.4 is 16.5 Å². The molecule has 0 aliphatic carbocycles. The van der Waals surface area contributed by atoms with E-state index in [4.69, 9.17) is 29.9 Å². The van der Waals surface area contributed by atoms with Gasteiger partial charge >= 0.3 is 5.97 Å². The molecule has 4 aliphatic heterocycles. The first-order valence-corrected chi connectivity index (χ1v) is 20.4. The molecule has 3 saturated heterocycles. The number of nitrogens with one attached hydrogen (secondary N) is 2. The number of aryl methyl sites for hydroxylation is 1. The minimum Gasteiger partial charge on any atom is -0.464 e. The Balaban J connectivity index is 1.22. The van der Waals surface area contributed by atoms with Crippen LogP contribution >= 0.6 is 11.3 Å². The average molecular weight is 770 g/mol. The average Bonchev–Trinajstić information content (AvgIpc) is 3.99. The number of carbonyl (C=O) groups excluding carboxylic acids is 3. The SMILES string of the molecule is CCn1c(-c2cccnc2[C@H](C)OC)c2c3cc(ccc31)-c1csc(n1)C[C@H](NC(=O)C1[C@@H](N)[C@@H]3CC[C@H]1O3)C(=O)N1CCC[C@H](N1)C(=O)OCC(C)(C)C2. The molecule has 55 heavy (non-hydrogen) atoms. The van der Waals surface area contributed by atoms with Crippen LogP contribution in [0.15, 0.2) is 41.9 Å². The lowest BCUT2D eigenvalue weighted by molar-refractivity contribution is -0.155. The number of hydrogen-bond acceptors (Lipinski definition) is 11. The monoisotopic (exact) mass is 769 g/mol. The number of hydrogen-bond donors (Lipinski definition) is 3. The van der Waals surface area contributed by atoms with Gasteiger partial charge in [0.25, 0.3) is 5.91 Å². The van der Waals surface area contributed by atoms with Gasteiger partial charge in [0, 0.05) is 71.7 Å². The summed E-state index contributed by atoms with van der Waals surface area (Å²) in [6, 6.07) is 8.43. The van der Waals surface area contributed by atoms with E-state index in [1.54, 1.807) is 13.3 Å². The van der Waals surface area contributed by atoms with Gasteiger partial charge in [-0.15, -0.1) is 11.3 Å². The van der Waals surface area contributed by atoms with E-state index in [0.717, 1.165) is 64.1 Å². The minimum atomic E-state index is -0.934. The summed E-state index contributed by atoms with van der Waals surface area (Å²) in [6.45, 7) is 9.66. The van der Waals surface area contributed by atoms with Crippen LogP contribution in [0.4, 0.5) is 0 Å². The third-order valence-corrected chi connectivity index (χ3v) is 12.7. The molecule has 4 N–H and O–H groups in total. The van der Waals surface area contributed by atoms with Gasteiger partial charge in [0.15, 0.2) is 0 Å². The minimum absolute atomic E-state index is 0.146. The van der Waals surface area contributed by atoms with Gasteiger partial charge in [-0.3, -0.25) is 24.4 Å². The summed E-state index contributed by atoms with van der Waals surface area (Å²) in [5, 5.41) is 8.30. The molecule has 8 bridgehead atoms. The van der Waals surface area contributed by atoms with E-state index >= 15 is 0 Å². The Morgan fingerprint density at radius 1 is 1.20 bits per heavy atom. The molecular weight excluding hydrogens is 719 g/mol. The molecule has 3 aromatic heterocycles. The summed E-state index contributed by atoms with van der Waals surface area (Å²) in [4.78, 5) is 51.6. The highest BCUT2D eigenvalue weighted by Gasteiger charge is 2.51. The zero-order valence-corrected chi connectivity index (χ0v) is 33.0. The van der Waals surface area contributed by atoms with Crippen molar-refractivity contribution in [2.24, 2.45) is 17.1 Å². The number of benzene rings is 1. The highest BCUT2D eigenvalue weighted by Crippen LogP contribution is 2.42. The van der Waals surface area contributed by atoms with Crippen molar-refractivity contribution >= 4 is 40.0 Å². The lowest BCUT2D eigenvalue weighted by Gasteiger charge is -2.36. The highest BCUT2D eigenvalue weighted by molar-refractivity contribution is 7.10. The van der Waals surface area contributed by atoms with E-state index in [-0.39, 0.29) is 43.2 Å². The molecule has 4 aromatic rings. The summed E-state index contributed by atoms with van der Waals surface area (Å²) >= 11 is 1.46. The predicted octanol–water partition coefficient (Wildman–Crippen LogP) is 4.71. The van der Waals surface area contributed by atoms with Crippen molar-refractivity contribution < 1.29 is 28.6 Å². The number of aromatic nitrogens is 3. The largest absolute Gasteiger partial charge is 0.464 e. The van der Waals surface area contributed by atoms with Gasteiger partial charge in [-0.25, -0.2) is 10.4 Å². The number of ether oxygens (including phenoxy) is 3. The van der Waals surface area contributed by atoms with E-state index < -0.39 is 35.4 Å². The Bertz CT molecular complexity index is 2110. The second-order valence-corrected chi connectivity index (χ2v) is 17.1. The standard InChI is InChI=1S/C41H51N7O6S/c1-6-47-30-12-11-23-17-25(30)26(37(47)24-9-7-15-43-36(24)22(2)52-5)19-41(3,4)21-53-40(51)27-10-8-16-48(46-27)39(50)28(18-33-44-29(23)20-55-33)45-38(49)34-31-13-14-32(54-31)35(34)42/h7,9,11-12,15,17,20,22,27-28,31-32,34-35,46H,6,8,10,13-14,16,18-19,21,42H2,1-5H3,(H,45,49)/t22-,27-,28-,31+,32-,34?,35-/m0/s1. The quantitative estimate of drug-likeness (QED) is 0.234. The summed E-state index contributed by atoms with van der Waals surface area (Å²) in [7, 11) is 1.69. The second-order valence-electron chi connectivity index (χ2n) is 16.2. The number of rotatable bonds is 6. The maximum atomic E-state index is 14.3. The molecule has 1 unspecified atom stereocenters. The van der Waals surface area contributed by atoms with Crippen molar-refractivity contribution in [3.63, 3.8) is 0 Å². The zero-order valence-electron chi connectivity index (χ0n) is 32.2. The van der Waals surface area contributed by atoms with Gasteiger partial charge in [0.05, 0.1) is 52.9 Å². The number of nitrogens with zero attached hydrogens (tertiary/aromatic N) is 4. The van der Waals surface area contributed by atoms with Gasteiger partial charge in [0.1, 0.15) is 12.1 Å².